The number of hydrogen-bond acceptors (Lipinski definition) is 3. The molecule has 0 aromatic heterocycles. The number of nitrogens with one attached hydrogen (secondary N) is 2. The van der Waals surface area contributed by atoms with Gasteiger partial charge < -0.3 is 20.6 Å². The fourth-order valence-corrected chi connectivity index (χ4v) is 2.69. The summed E-state index contributed by atoms with van der Waals surface area (Å²) in [6.07, 6.45) is 3.42. The van der Waals surface area contributed by atoms with Crippen molar-refractivity contribution in [3.8, 4) is 0 Å². The zero-order valence-corrected chi connectivity index (χ0v) is 12.9. The van der Waals surface area contributed by atoms with Crippen LogP contribution >= 0.6 is 0 Å². The Hall–Kier alpha value is -1.82. The molecule has 6 heteroatoms. The van der Waals surface area contributed by atoms with Crippen molar-refractivity contribution in [1.82, 2.24) is 5.32 Å². The average Bonchev–Trinajstić information content (AvgIpc) is 3.00. The third kappa shape index (κ3) is 4.34. The first-order chi connectivity index (χ1) is 10.6. The van der Waals surface area contributed by atoms with Crippen LogP contribution in [0.1, 0.15) is 32.6 Å². The molecule has 0 radical (unpaired) electrons. The highest BCUT2D eigenvalue weighted by Crippen LogP contribution is 2.26. The van der Waals surface area contributed by atoms with E-state index in [1.54, 1.807) is 12.1 Å². The molecule has 0 spiro atoms. The first-order valence-electron chi connectivity index (χ1n) is 7.87. The summed E-state index contributed by atoms with van der Waals surface area (Å²) in [6, 6.07) is 4.30. The first kappa shape index (κ1) is 16.5. The van der Waals surface area contributed by atoms with Crippen LogP contribution in [0.25, 0.3) is 0 Å². The summed E-state index contributed by atoms with van der Waals surface area (Å²) < 4.78 is 14.2. The van der Waals surface area contributed by atoms with Crippen molar-refractivity contribution in [1.29, 1.82) is 0 Å². The third-order valence-corrected chi connectivity index (χ3v) is 3.96. The van der Waals surface area contributed by atoms with Crippen molar-refractivity contribution in [2.45, 2.75) is 38.6 Å². The molecule has 1 unspecified atom stereocenters. The van der Waals surface area contributed by atoms with Crippen molar-refractivity contribution >= 4 is 17.4 Å². The number of benzene rings is 1. The highest BCUT2D eigenvalue weighted by Gasteiger charge is 2.17. The van der Waals surface area contributed by atoms with Crippen molar-refractivity contribution in [3.63, 3.8) is 0 Å². The lowest BCUT2D eigenvalue weighted by molar-refractivity contribution is 0.237. The van der Waals surface area contributed by atoms with Gasteiger partial charge in [-0.1, -0.05) is 6.92 Å². The van der Waals surface area contributed by atoms with E-state index in [4.69, 9.17) is 5.11 Å². The summed E-state index contributed by atoms with van der Waals surface area (Å²) in [5.74, 6) is -0.318. The minimum absolute atomic E-state index is 0.0257. The Morgan fingerprint density at radius 1 is 1.41 bits per heavy atom. The topological polar surface area (TPSA) is 64.6 Å². The van der Waals surface area contributed by atoms with Gasteiger partial charge in [0.1, 0.15) is 5.82 Å². The number of aliphatic hydroxyl groups is 1. The molecule has 1 aliphatic heterocycles. The monoisotopic (exact) mass is 309 g/mol. The van der Waals surface area contributed by atoms with Crippen LogP contribution in [0.15, 0.2) is 18.2 Å². The van der Waals surface area contributed by atoms with Gasteiger partial charge in [0.05, 0.1) is 5.69 Å². The summed E-state index contributed by atoms with van der Waals surface area (Å²) in [4.78, 5) is 13.9. The largest absolute Gasteiger partial charge is 0.396 e. The van der Waals surface area contributed by atoms with Gasteiger partial charge in [-0.25, -0.2) is 9.18 Å². The van der Waals surface area contributed by atoms with Gasteiger partial charge in [-0.15, -0.1) is 0 Å². The summed E-state index contributed by atoms with van der Waals surface area (Å²) in [6.45, 7) is 3.72. The lowest BCUT2D eigenvalue weighted by Crippen LogP contribution is -2.38. The average molecular weight is 309 g/mol. The maximum atomic E-state index is 14.2. The highest BCUT2D eigenvalue weighted by atomic mass is 19.1. The Morgan fingerprint density at radius 2 is 2.14 bits per heavy atom. The third-order valence-electron chi connectivity index (χ3n) is 3.96. The SMILES string of the molecule is CCC(CCO)NC(=O)Nc1ccc(N2CCCC2)c(F)c1. The number of nitrogens with zero attached hydrogens (tertiary/aromatic N) is 1. The Bertz CT molecular complexity index is 504. The minimum Gasteiger partial charge on any atom is -0.396 e. The summed E-state index contributed by atoms with van der Waals surface area (Å²) in [5, 5.41) is 14.3. The molecule has 1 fully saturated rings. The first-order valence-corrected chi connectivity index (χ1v) is 7.87. The molecular formula is C16H24FN3O2. The standard InChI is InChI=1S/C16H24FN3O2/c1-2-12(7-10-21)18-16(22)19-13-5-6-15(14(17)11-13)20-8-3-4-9-20/h5-6,11-12,21H,2-4,7-10H2,1H3,(H2,18,19,22). The summed E-state index contributed by atoms with van der Waals surface area (Å²) >= 11 is 0. The lowest BCUT2D eigenvalue weighted by Gasteiger charge is -2.19. The highest BCUT2D eigenvalue weighted by molar-refractivity contribution is 5.89. The molecule has 1 aromatic carbocycles. The molecule has 2 amide bonds. The maximum Gasteiger partial charge on any atom is 0.319 e. The van der Waals surface area contributed by atoms with E-state index in [0.29, 0.717) is 17.8 Å². The smallest absolute Gasteiger partial charge is 0.319 e. The van der Waals surface area contributed by atoms with Gasteiger partial charge in [-0.05, 0) is 43.9 Å². The van der Waals surface area contributed by atoms with Crippen LogP contribution in [0, 0.1) is 5.82 Å². The number of amides is 2. The molecule has 1 saturated heterocycles. The van der Waals surface area contributed by atoms with E-state index in [2.05, 4.69) is 10.6 Å². The van der Waals surface area contributed by atoms with Crippen LogP contribution in [-0.2, 0) is 0 Å². The Kier molecular flexibility index (Phi) is 6.00. The van der Waals surface area contributed by atoms with Crippen LogP contribution in [0.5, 0.6) is 0 Å². The molecule has 122 valence electrons. The Balaban J connectivity index is 1.95. The second-order valence-electron chi connectivity index (χ2n) is 5.58. The van der Waals surface area contributed by atoms with Crippen LogP contribution in [0.4, 0.5) is 20.6 Å². The van der Waals surface area contributed by atoms with Gasteiger partial charge in [0.15, 0.2) is 0 Å². The van der Waals surface area contributed by atoms with Crippen molar-refractivity contribution in [2.75, 3.05) is 29.9 Å². The predicted octanol–water partition coefficient (Wildman–Crippen LogP) is 2.71. The molecule has 5 nitrogen and oxygen atoms in total. The van der Waals surface area contributed by atoms with Crippen LogP contribution in [0.3, 0.4) is 0 Å². The predicted molar refractivity (Wildman–Crippen MR) is 85.8 cm³/mol. The number of urea groups is 1. The Labute approximate surface area is 130 Å². The molecule has 1 aromatic rings. The van der Waals surface area contributed by atoms with E-state index in [1.165, 1.54) is 6.07 Å². The van der Waals surface area contributed by atoms with Gasteiger partial charge >= 0.3 is 6.03 Å². The van der Waals surface area contributed by atoms with Gasteiger partial charge in [0.25, 0.3) is 0 Å². The van der Waals surface area contributed by atoms with E-state index < -0.39 is 0 Å². The van der Waals surface area contributed by atoms with Gasteiger partial charge in [-0.2, -0.15) is 0 Å². The number of aliphatic hydroxyl groups excluding tert-OH is 1. The number of rotatable bonds is 6. The number of carbonyl (C=O) groups is 1. The lowest BCUT2D eigenvalue weighted by atomic mass is 10.1. The quantitative estimate of drug-likeness (QED) is 0.757. The Morgan fingerprint density at radius 3 is 2.73 bits per heavy atom. The second-order valence-corrected chi connectivity index (χ2v) is 5.58. The zero-order chi connectivity index (χ0) is 15.9. The van der Waals surface area contributed by atoms with Gasteiger partial charge in [0, 0.05) is 31.4 Å². The fourth-order valence-electron chi connectivity index (χ4n) is 2.69. The van der Waals surface area contributed by atoms with Gasteiger partial charge in [0.2, 0.25) is 0 Å². The fraction of sp³-hybridized carbons (Fsp3) is 0.562. The van der Waals surface area contributed by atoms with E-state index in [1.807, 2.05) is 11.8 Å². The second kappa shape index (κ2) is 7.98. The summed E-state index contributed by atoms with van der Waals surface area (Å²) in [7, 11) is 0. The van der Waals surface area contributed by atoms with Gasteiger partial charge in [-0.3, -0.25) is 0 Å². The molecule has 1 atom stereocenters. The van der Waals surface area contributed by atoms with Crippen molar-refractivity contribution in [2.24, 2.45) is 0 Å². The van der Waals surface area contributed by atoms with Crippen molar-refractivity contribution in [3.05, 3.63) is 24.0 Å². The maximum absolute atomic E-state index is 14.2. The van der Waals surface area contributed by atoms with E-state index in [0.717, 1.165) is 32.4 Å². The number of anilines is 2. The zero-order valence-electron chi connectivity index (χ0n) is 12.9. The molecule has 0 saturated carbocycles. The van der Waals surface area contributed by atoms with E-state index in [-0.39, 0.29) is 24.5 Å². The molecular weight excluding hydrogens is 285 g/mol. The number of carbonyl (C=O) groups excluding carboxylic acids is 1. The van der Waals surface area contributed by atoms with Crippen LogP contribution in [-0.4, -0.2) is 36.9 Å². The number of hydrogen-bond donors (Lipinski definition) is 3. The molecule has 1 heterocycles. The summed E-state index contributed by atoms with van der Waals surface area (Å²) in [5.41, 5.74) is 1.02. The molecule has 0 aliphatic carbocycles. The van der Waals surface area contributed by atoms with E-state index >= 15 is 0 Å². The van der Waals surface area contributed by atoms with Crippen molar-refractivity contribution < 1.29 is 14.3 Å². The molecule has 22 heavy (non-hydrogen) atoms. The molecule has 3 N–H and O–H groups in total. The number of halogens is 1. The van der Waals surface area contributed by atoms with Crippen LogP contribution in [0.2, 0.25) is 0 Å². The molecule has 1 aliphatic rings. The normalized spacial score (nSPS) is 15.7. The van der Waals surface area contributed by atoms with E-state index in [9.17, 15) is 9.18 Å². The minimum atomic E-state index is -0.381. The molecule has 0 bridgehead atoms. The molecule has 2 rings (SSSR count). The van der Waals surface area contributed by atoms with Crippen LogP contribution < -0.4 is 15.5 Å².